The van der Waals surface area contributed by atoms with E-state index in [1.807, 2.05) is 23.6 Å². The molecule has 0 atom stereocenters. The van der Waals surface area contributed by atoms with E-state index in [0.717, 1.165) is 28.4 Å². The third-order valence-electron chi connectivity index (χ3n) is 3.45. The van der Waals surface area contributed by atoms with E-state index in [1.165, 1.54) is 34.9 Å². The number of thioether (sulfide) groups is 1. The summed E-state index contributed by atoms with van der Waals surface area (Å²) in [7, 11) is 0. The fourth-order valence-electron chi connectivity index (χ4n) is 2.22. The second-order valence-electron chi connectivity index (χ2n) is 5.53. The van der Waals surface area contributed by atoms with E-state index in [2.05, 4.69) is 26.6 Å². The van der Waals surface area contributed by atoms with Gasteiger partial charge in [0.1, 0.15) is 5.82 Å². The van der Waals surface area contributed by atoms with Gasteiger partial charge in [0, 0.05) is 29.6 Å². The van der Waals surface area contributed by atoms with Crippen molar-refractivity contribution in [2.24, 2.45) is 0 Å². The number of carbonyl (C=O) groups is 2. The molecule has 0 saturated carbocycles. The number of hydrogen-bond acceptors (Lipinski definition) is 7. The topological polar surface area (TPSA) is 87.7 Å². The highest BCUT2D eigenvalue weighted by Crippen LogP contribution is 2.21. The van der Waals surface area contributed by atoms with Crippen LogP contribution >= 0.6 is 34.4 Å². The molecule has 0 aliphatic rings. The first-order valence-electron chi connectivity index (χ1n) is 8.03. The minimum Gasteiger partial charge on any atom is -0.356 e. The number of rotatable bonds is 9. The maximum Gasteiger partial charge on any atom is 0.216 e. The lowest BCUT2D eigenvalue weighted by Crippen LogP contribution is -2.22. The van der Waals surface area contributed by atoms with Gasteiger partial charge in [-0.25, -0.2) is 4.98 Å². The number of ketones is 1. The number of H-pyrrole nitrogens is 1. The summed E-state index contributed by atoms with van der Waals surface area (Å²) in [5, 5.41) is 12.5. The van der Waals surface area contributed by atoms with Crippen LogP contribution in [0.3, 0.4) is 0 Å². The monoisotopic (exact) mass is 406 g/mol. The first-order chi connectivity index (χ1) is 12.6. The van der Waals surface area contributed by atoms with Gasteiger partial charge in [0.05, 0.1) is 10.6 Å². The van der Waals surface area contributed by atoms with E-state index in [9.17, 15) is 9.59 Å². The van der Waals surface area contributed by atoms with Crippen LogP contribution in [0, 0.1) is 0 Å². The molecule has 0 aliphatic heterocycles. The average molecular weight is 407 g/mol. The van der Waals surface area contributed by atoms with Gasteiger partial charge in [-0.2, -0.15) is 0 Å². The molecule has 1 amide bonds. The Kier molecular flexibility index (Phi) is 6.59. The zero-order chi connectivity index (χ0) is 18.4. The van der Waals surface area contributed by atoms with E-state index in [-0.39, 0.29) is 11.7 Å². The number of carbonyl (C=O) groups excluding carboxylic acids is 2. The maximum atomic E-state index is 12.3. The molecule has 0 bridgehead atoms. The van der Waals surface area contributed by atoms with Gasteiger partial charge < -0.3 is 5.32 Å². The van der Waals surface area contributed by atoms with Crippen molar-refractivity contribution in [1.29, 1.82) is 0 Å². The summed E-state index contributed by atoms with van der Waals surface area (Å²) in [6.45, 7) is 2.08. The summed E-state index contributed by atoms with van der Waals surface area (Å²) >= 11 is 4.49. The maximum absolute atomic E-state index is 12.3. The minimum absolute atomic E-state index is 0.0424. The quantitative estimate of drug-likeness (QED) is 0.421. The molecule has 0 spiro atoms. The number of hydrogen-bond donors (Lipinski definition) is 2. The molecule has 2 N–H and O–H groups in total. The summed E-state index contributed by atoms with van der Waals surface area (Å²) in [5.74, 6) is 1.13. The Morgan fingerprint density at radius 3 is 2.92 bits per heavy atom. The molecule has 0 saturated heterocycles. The van der Waals surface area contributed by atoms with E-state index in [0.29, 0.717) is 17.5 Å². The van der Waals surface area contributed by atoms with Gasteiger partial charge >= 0.3 is 0 Å². The zero-order valence-corrected chi connectivity index (χ0v) is 16.6. The predicted molar refractivity (Wildman–Crippen MR) is 105 cm³/mol. The SMILES string of the molecule is CC(=O)NCCc1ccc(C(=O)CSc2n[nH]c(Cc3cccs3)n2)s1. The van der Waals surface area contributed by atoms with Crippen molar-refractivity contribution in [2.75, 3.05) is 12.3 Å². The van der Waals surface area contributed by atoms with Crippen LogP contribution < -0.4 is 5.32 Å². The van der Waals surface area contributed by atoms with Crippen LogP contribution in [0.25, 0.3) is 0 Å². The van der Waals surface area contributed by atoms with Crippen molar-refractivity contribution in [2.45, 2.75) is 24.9 Å². The van der Waals surface area contributed by atoms with Crippen LogP contribution in [-0.4, -0.2) is 39.2 Å². The molecule has 0 aliphatic carbocycles. The summed E-state index contributed by atoms with van der Waals surface area (Å²) < 4.78 is 0. The summed E-state index contributed by atoms with van der Waals surface area (Å²) in [4.78, 5) is 30.7. The Morgan fingerprint density at radius 2 is 2.15 bits per heavy atom. The molecule has 6 nitrogen and oxygen atoms in total. The third-order valence-corrected chi connectivity index (χ3v) is 6.36. The number of Topliss-reactive ketones (excluding diaryl/α,β-unsaturated/α-hetero) is 1. The minimum atomic E-state index is -0.0424. The first-order valence-corrected chi connectivity index (χ1v) is 10.7. The Bertz CT molecular complexity index is 870. The molecule has 3 aromatic heterocycles. The number of nitrogens with one attached hydrogen (secondary N) is 2. The largest absolute Gasteiger partial charge is 0.356 e. The number of aromatic nitrogens is 3. The van der Waals surface area contributed by atoms with Crippen molar-refractivity contribution in [3.8, 4) is 0 Å². The number of aromatic amines is 1. The van der Waals surface area contributed by atoms with Gasteiger partial charge in [-0.1, -0.05) is 17.8 Å². The van der Waals surface area contributed by atoms with Crippen molar-refractivity contribution in [1.82, 2.24) is 20.5 Å². The van der Waals surface area contributed by atoms with Crippen LogP contribution in [0.4, 0.5) is 0 Å². The molecule has 0 aromatic carbocycles. The Labute approximate surface area is 163 Å². The molecular weight excluding hydrogens is 388 g/mol. The van der Waals surface area contributed by atoms with Crippen molar-refractivity contribution in [3.63, 3.8) is 0 Å². The molecule has 26 heavy (non-hydrogen) atoms. The van der Waals surface area contributed by atoms with Crippen LogP contribution in [-0.2, 0) is 17.6 Å². The smallest absolute Gasteiger partial charge is 0.216 e. The third kappa shape index (κ3) is 5.52. The Balaban J connectivity index is 1.47. The van der Waals surface area contributed by atoms with Crippen LogP contribution in [0.1, 0.15) is 32.2 Å². The van der Waals surface area contributed by atoms with Gasteiger partial charge in [-0.3, -0.25) is 14.7 Å². The molecule has 0 unspecified atom stereocenters. The Hall–Kier alpha value is -1.97. The second-order valence-corrected chi connectivity index (χ2v) is 8.67. The highest BCUT2D eigenvalue weighted by Gasteiger charge is 2.12. The van der Waals surface area contributed by atoms with Crippen molar-refractivity contribution < 1.29 is 9.59 Å². The van der Waals surface area contributed by atoms with E-state index in [1.54, 1.807) is 11.3 Å². The molecule has 3 rings (SSSR count). The van der Waals surface area contributed by atoms with Crippen molar-refractivity contribution >= 4 is 46.1 Å². The van der Waals surface area contributed by atoms with E-state index >= 15 is 0 Å². The summed E-state index contributed by atoms with van der Waals surface area (Å²) in [5.41, 5.74) is 0. The normalized spacial score (nSPS) is 10.8. The van der Waals surface area contributed by atoms with Crippen molar-refractivity contribution in [3.05, 3.63) is 50.1 Å². The summed E-state index contributed by atoms with van der Waals surface area (Å²) in [6, 6.07) is 7.85. The second kappa shape index (κ2) is 9.11. The first kappa shape index (κ1) is 18.8. The molecule has 3 aromatic rings. The van der Waals surface area contributed by atoms with Gasteiger partial charge in [0.2, 0.25) is 11.1 Å². The molecular formula is C17H18N4O2S3. The van der Waals surface area contributed by atoms with Crippen LogP contribution in [0.2, 0.25) is 0 Å². The highest BCUT2D eigenvalue weighted by molar-refractivity contribution is 7.99. The average Bonchev–Trinajstić information content (AvgIpc) is 3.34. The lowest BCUT2D eigenvalue weighted by Gasteiger charge is -1.99. The van der Waals surface area contributed by atoms with E-state index < -0.39 is 0 Å². The van der Waals surface area contributed by atoms with Crippen LogP contribution in [0.15, 0.2) is 34.8 Å². The number of thiophene rings is 2. The molecule has 9 heteroatoms. The number of amides is 1. The van der Waals surface area contributed by atoms with E-state index in [4.69, 9.17) is 0 Å². The zero-order valence-electron chi connectivity index (χ0n) is 14.2. The standard InChI is InChI=1S/C17H18N4O2S3/c1-11(22)18-7-6-12-4-5-15(26-12)14(23)10-25-17-19-16(20-21-17)9-13-3-2-8-24-13/h2-5,8H,6-7,9-10H2,1H3,(H,18,22)(H,19,20,21). The molecule has 0 radical (unpaired) electrons. The van der Waals surface area contributed by atoms with Gasteiger partial charge in [-0.05, 0) is 30.0 Å². The lowest BCUT2D eigenvalue weighted by molar-refractivity contribution is -0.118. The lowest BCUT2D eigenvalue weighted by atomic mass is 10.3. The number of nitrogens with zero attached hydrogens (tertiary/aromatic N) is 2. The summed E-state index contributed by atoms with van der Waals surface area (Å²) in [6.07, 6.45) is 1.46. The molecule has 3 heterocycles. The molecule has 136 valence electrons. The fourth-order valence-corrected chi connectivity index (χ4v) is 4.67. The highest BCUT2D eigenvalue weighted by atomic mass is 32.2. The van der Waals surface area contributed by atoms with Gasteiger partial charge in [-0.15, -0.1) is 27.8 Å². The predicted octanol–water partition coefficient (Wildman–Crippen LogP) is 3.17. The van der Waals surface area contributed by atoms with Crippen LogP contribution in [0.5, 0.6) is 0 Å². The van der Waals surface area contributed by atoms with Gasteiger partial charge in [0.15, 0.2) is 5.78 Å². The fraction of sp³-hybridized carbons (Fsp3) is 0.294. The van der Waals surface area contributed by atoms with Gasteiger partial charge in [0.25, 0.3) is 0 Å². The Morgan fingerprint density at radius 1 is 1.27 bits per heavy atom. The molecule has 0 fully saturated rings.